The predicted octanol–water partition coefficient (Wildman–Crippen LogP) is 2.81. The van der Waals surface area contributed by atoms with E-state index in [9.17, 15) is 9.59 Å². The van der Waals surface area contributed by atoms with E-state index in [1.807, 2.05) is 5.38 Å². The number of thiophene rings is 1. The van der Waals surface area contributed by atoms with Gasteiger partial charge in [-0.2, -0.15) is 11.3 Å². The molecule has 1 N–H and O–H groups in total. The zero-order valence-electron chi connectivity index (χ0n) is 8.34. The Balaban J connectivity index is 2.09. The fourth-order valence-corrected chi connectivity index (χ4v) is 1.88. The minimum atomic E-state index is -0.139. The molecule has 0 aliphatic heterocycles. The normalized spacial score (nSPS) is 9.75. The minimum Gasteiger partial charge on any atom is -0.322 e. The Morgan fingerprint density at radius 3 is 2.50 bits per heavy atom. The van der Waals surface area contributed by atoms with Crippen LogP contribution in [0.5, 0.6) is 0 Å². The van der Waals surface area contributed by atoms with E-state index in [2.05, 4.69) is 5.32 Å². The molecular formula is C12H9NO2S. The maximum Gasteiger partial charge on any atom is 0.256 e. The quantitative estimate of drug-likeness (QED) is 0.825. The summed E-state index contributed by atoms with van der Waals surface area (Å²) in [4.78, 5) is 22.1. The summed E-state index contributed by atoms with van der Waals surface area (Å²) >= 11 is 1.48. The molecule has 0 aliphatic carbocycles. The van der Waals surface area contributed by atoms with Crippen molar-refractivity contribution in [2.75, 3.05) is 5.32 Å². The average Bonchev–Trinajstić information content (AvgIpc) is 2.83. The topological polar surface area (TPSA) is 46.2 Å². The van der Waals surface area contributed by atoms with Gasteiger partial charge in [0.2, 0.25) is 0 Å². The van der Waals surface area contributed by atoms with Gasteiger partial charge in [-0.05, 0) is 35.7 Å². The lowest BCUT2D eigenvalue weighted by atomic mass is 10.2. The van der Waals surface area contributed by atoms with Gasteiger partial charge in [-0.1, -0.05) is 0 Å². The van der Waals surface area contributed by atoms with Gasteiger partial charge in [-0.15, -0.1) is 0 Å². The van der Waals surface area contributed by atoms with Crippen LogP contribution in [-0.2, 0) is 0 Å². The van der Waals surface area contributed by atoms with Gasteiger partial charge in [-0.25, -0.2) is 0 Å². The van der Waals surface area contributed by atoms with Crippen molar-refractivity contribution in [1.29, 1.82) is 0 Å². The van der Waals surface area contributed by atoms with E-state index in [0.29, 0.717) is 16.8 Å². The largest absolute Gasteiger partial charge is 0.322 e. The van der Waals surface area contributed by atoms with Crippen molar-refractivity contribution in [2.45, 2.75) is 0 Å². The van der Waals surface area contributed by atoms with Crippen molar-refractivity contribution in [1.82, 2.24) is 0 Å². The highest BCUT2D eigenvalue weighted by molar-refractivity contribution is 7.08. The lowest BCUT2D eigenvalue weighted by molar-refractivity contribution is 0.102. The van der Waals surface area contributed by atoms with Crippen molar-refractivity contribution in [3.8, 4) is 0 Å². The monoisotopic (exact) mass is 231 g/mol. The molecule has 0 saturated heterocycles. The van der Waals surface area contributed by atoms with E-state index in [0.717, 1.165) is 6.29 Å². The molecule has 1 heterocycles. The summed E-state index contributed by atoms with van der Waals surface area (Å²) in [7, 11) is 0. The van der Waals surface area contributed by atoms with Crippen LogP contribution in [0.4, 0.5) is 5.69 Å². The van der Waals surface area contributed by atoms with Crippen molar-refractivity contribution in [3.63, 3.8) is 0 Å². The highest BCUT2D eigenvalue weighted by Gasteiger charge is 2.05. The van der Waals surface area contributed by atoms with E-state index in [1.165, 1.54) is 11.3 Å². The molecule has 2 aromatic rings. The number of nitrogens with one attached hydrogen (secondary N) is 1. The first-order chi connectivity index (χ1) is 7.79. The van der Waals surface area contributed by atoms with Gasteiger partial charge in [0, 0.05) is 16.6 Å². The minimum absolute atomic E-state index is 0.139. The lowest BCUT2D eigenvalue weighted by Crippen LogP contribution is -2.10. The van der Waals surface area contributed by atoms with Crippen molar-refractivity contribution in [3.05, 3.63) is 52.2 Å². The van der Waals surface area contributed by atoms with Gasteiger partial charge in [0.25, 0.3) is 5.91 Å². The number of benzene rings is 1. The third-order valence-electron chi connectivity index (χ3n) is 2.09. The number of carbonyl (C=O) groups excluding carboxylic acids is 2. The Morgan fingerprint density at radius 1 is 1.19 bits per heavy atom. The van der Waals surface area contributed by atoms with Gasteiger partial charge in [0.05, 0.1) is 5.56 Å². The first-order valence-electron chi connectivity index (χ1n) is 4.68. The second kappa shape index (κ2) is 4.72. The average molecular weight is 231 g/mol. The fraction of sp³-hybridized carbons (Fsp3) is 0. The van der Waals surface area contributed by atoms with Crippen LogP contribution in [0.25, 0.3) is 0 Å². The van der Waals surface area contributed by atoms with Gasteiger partial charge >= 0.3 is 0 Å². The molecule has 1 aromatic carbocycles. The van der Waals surface area contributed by atoms with Gasteiger partial charge in [0.15, 0.2) is 0 Å². The summed E-state index contributed by atoms with van der Waals surface area (Å²) in [5.74, 6) is -0.139. The number of hydrogen-bond acceptors (Lipinski definition) is 3. The highest BCUT2D eigenvalue weighted by Crippen LogP contribution is 2.12. The number of amides is 1. The molecule has 0 saturated carbocycles. The molecular weight excluding hydrogens is 222 g/mol. The van der Waals surface area contributed by atoms with Gasteiger partial charge < -0.3 is 5.32 Å². The Hall–Kier alpha value is -1.94. The smallest absolute Gasteiger partial charge is 0.256 e. The van der Waals surface area contributed by atoms with Crippen LogP contribution < -0.4 is 5.32 Å². The van der Waals surface area contributed by atoms with Crippen LogP contribution in [0.2, 0.25) is 0 Å². The summed E-state index contributed by atoms with van der Waals surface area (Å²) in [5.41, 5.74) is 1.92. The summed E-state index contributed by atoms with van der Waals surface area (Å²) in [6, 6.07) is 8.49. The van der Waals surface area contributed by atoms with E-state index in [1.54, 1.807) is 35.7 Å². The molecule has 0 atom stereocenters. The number of anilines is 1. The third kappa shape index (κ3) is 2.35. The van der Waals surface area contributed by atoms with Gasteiger partial charge in [0.1, 0.15) is 6.29 Å². The van der Waals surface area contributed by atoms with Crippen molar-refractivity contribution < 1.29 is 9.59 Å². The molecule has 0 aliphatic rings. The molecule has 0 radical (unpaired) electrons. The molecule has 1 amide bonds. The van der Waals surface area contributed by atoms with Gasteiger partial charge in [-0.3, -0.25) is 9.59 Å². The van der Waals surface area contributed by atoms with E-state index in [4.69, 9.17) is 0 Å². The maximum absolute atomic E-state index is 11.7. The number of carbonyl (C=O) groups is 2. The second-order valence-corrected chi connectivity index (χ2v) is 3.99. The second-order valence-electron chi connectivity index (χ2n) is 3.21. The Kier molecular flexibility index (Phi) is 3.12. The summed E-state index contributed by atoms with van der Waals surface area (Å²) in [6.45, 7) is 0. The number of hydrogen-bond donors (Lipinski definition) is 1. The van der Waals surface area contributed by atoms with E-state index < -0.39 is 0 Å². The molecule has 0 unspecified atom stereocenters. The summed E-state index contributed by atoms with van der Waals surface area (Å²) < 4.78 is 0. The molecule has 0 bridgehead atoms. The molecule has 3 nitrogen and oxygen atoms in total. The predicted molar refractivity (Wildman–Crippen MR) is 64.1 cm³/mol. The maximum atomic E-state index is 11.7. The molecule has 2 rings (SSSR count). The molecule has 16 heavy (non-hydrogen) atoms. The van der Waals surface area contributed by atoms with Crippen molar-refractivity contribution in [2.24, 2.45) is 0 Å². The Labute approximate surface area is 96.7 Å². The van der Waals surface area contributed by atoms with Crippen molar-refractivity contribution >= 4 is 29.2 Å². The summed E-state index contributed by atoms with van der Waals surface area (Å²) in [5, 5.41) is 6.39. The number of aldehydes is 1. The van der Waals surface area contributed by atoms with Crippen LogP contribution in [0.15, 0.2) is 41.1 Å². The fourth-order valence-electron chi connectivity index (χ4n) is 1.24. The van der Waals surface area contributed by atoms with Crippen LogP contribution in [-0.4, -0.2) is 12.2 Å². The first kappa shape index (κ1) is 10.6. The van der Waals surface area contributed by atoms with Crippen LogP contribution in [0.1, 0.15) is 20.7 Å². The molecule has 4 heteroatoms. The van der Waals surface area contributed by atoms with Crippen LogP contribution in [0, 0.1) is 0 Å². The van der Waals surface area contributed by atoms with E-state index >= 15 is 0 Å². The molecule has 0 fully saturated rings. The van der Waals surface area contributed by atoms with E-state index in [-0.39, 0.29) is 5.91 Å². The zero-order chi connectivity index (χ0) is 11.4. The Morgan fingerprint density at radius 2 is 1.94 bits per heavy atom. The first-order valence-corrected chi connectivity index (χ1v) is 5.62. The summed E-state index contributed by atoms with van der Waals surface area (Å²) in [6.07, 6.45) is 0.768. The third-order valence-corrected chi connectivity index (χ3v) is 2.77. The number of rotatable bonds is 3. The standard InChI is InChI=1S/C12H9NO2S/c14-7-9-1-3-11(4-2-9)13-12(15)10-5-6-16-8-10/h1-8H,(H,13,15). The highest BCUT2D eigenvalue weighted by atomic mass is 32.1. The molecule has 1 aromatic heterocycles. The van der Waals surface area contributed by atoms with Crippen LogP contribution >= 0.6 is 11.3 Å². The SMILES string of the molecule is O=Cc1ccc(NC(=O)c2ccsc2)cc1. The zero-order valence-corrected chi connectivity index (χ0v) is 9.16. The molecule has 0 spiro atoms. The lowest BCUT2D eigenvalue weighted by Gasteiger charge is -2.03. The Bertz CT molecular complexity index is 488. The van der Waals surface area contributed by atoms with Crippen LogP contribution in [0.3, 0.4) is 0 Å². The molecule has 80 valence electrons.